The van der Waals surface area contributed by atoms with Crippen molar-refractivity contribution in [3.05, 3.63) is 77.5 Å². The summed E-state index contributed by atoms with van der Waals surface area (Å²) in [6.07, 6.45) is 3.56. The molecule has 1 aromatic heterocycles. The number of fused-ring (bicyclic) bond motifs is 3. The van der Waals surface area contributed by atoms with Crippen LogP contribution in [-0.2, 0) is 16.0 Å². The molecule has 2 heterocycles. The molecule has 2 aliphatic rings. The van der Waals surface area contributed by atoms with Gasteiger partial charge in [0.05, 0.1) is 12.1 Å². The van der Waals surface area contributed by atoms with Crippen LogP contribution in [0.15, 0.2) is 60.7 Å². The van der Waals surface area contributed by atoms with Crippen LogP contribution in [0, 0.1) is 0 Å². The number of aliphatic hydroxyl groups is 1. The van der Waals surface area contributed by atoms with Gasteiger partial charge in [0.1, 0.15) is 0 Å². The zero-order valence-corrected chi connectivity index (χ0v) is 16.8. The molecule has 0 radical (unpaired) electrons. The summed E-state index contributed by atoms with van der Waals surface area (Å²) in [5.41, 5.74) is 2.91. The topological polar surface area (TPSA) is 68.5 Å². The molecule has 1 N–H and O–H groups in total. The van der Waals surface area contributed by atoms with Crippen molar-refractivity contribution in [1.82, 2.24) is 4.57 Å². The number of benzene rings is 2. The van der Waals surface area contributed by atoms with Crippen LogP contribution in [-0.4, -0.2) is 33.8 Å². The van der Waals surface area contributed by atoms with Gasteiger partial charge in [-0.3, -0.25) is 9.36 Å². The van der Waals surface area contributed by atoms with Crippen molar-refractivity contribution in [2.45, 2.75) is 37.7 Å². The lowest BCUT2D eigenvalue weighted by atomic mass is 9.81. The SMILES string of the molecule is CCOC(=O)[C@@]1(O)C[C@@H]2CC=C(c3ccccc3)Cc3c2n(c2ccccc32)C1=O. The van der Waals surface area contributed by atoms with E-state index in [1.54, 1.807) is 11.5 Å². The third-order valence-corrected chi connectivity index (χ3v) is 6.28. The van der Waals surface area contributed by atoms with Crippen molar-refractivity contribution < 1.29 is 19.4 Å². The van der Waals surface area contributed by atoms with E-state index in [-0.39, 0.29) is 18.9 Å². The summed E-state index contributed by atoms with van der Waals surface area (Å²) in [6.45, 7) is 1.78. The fraction of sp³-hybridized carbons (Fsp3) is 0.280. The molecule has 0 spiro atoms. The van der Waals surface area contributed by atoms with Gasteiger partial charge in [-0.15, -0.1) is 0 Å². The summed E-state index contributed by atoms with van der Waals surface area (Å²) < 4.78 is 6.65. The predicted molar refractivity (Wildman–Crippen MR) is 114 cm³/mol. The summed E-state index contributed by atoms with van der Waals surface area (Å²) in [5.74, 6) is -1.63. The van der Waals surface area contributed by atoms with Crippen LogP contribution in [0.4, 0.5) is 0 Å². The number of aromatic nitrogens is 1. The van der Waals surface area contributed by atoms with Gasteiger partial charge in [-0.1, -0.05) is 54.6 Å². The van der Waals surface area contributed by atoms with Crippen LogP contribution in [0.2, 0.25) is 0 Å². The van der Waals surface area contributed by atoms with E-state index in [0.29, 0.717) is 12.8 Å². The second-order valence-corrected chi connectivity index (χ2v) is 8.01. The second kappa shape index (κ2) is 6.96. The smallest absolute Gasteiger partial charge is 0.348 e. The van der Waals surface area contributed by atoms with Gasteiger partial charge in [0.25, 0.3) is 5.91 Å². The first-order valence-electron chi connectivity index (χ1n) is 10.4. The summed E-state index contributed by atoms with van der Waals surface area (Å²) in [6, 6.07) is 17.9. The largest absolute Gasteiger partial charge is 0.463 e. The van der Waals surface area contributed by atoms with Crippen molar-refractivity contribution >= 4 is 28.4 Å². The van der Waals surface area contributed by atoms with Crippen LogP contribution in [0.1, 0.15) is 47.3 Å². The molecule has 152 valence electrons. The first-order valence-corrected chi connectivity index (χ1v) is 10.4. The standard InChI is InChI=1S/C25H23NO4/c1-2-30-24(28)25(29)15-18-13-12-17(16-8-4-3-5-9-16)14-20-19-10-6-7-11-21(19)26(22(18)20)23(25)27/h3-12,18,29H,2,13-15H2,1H3/t18-,25+/m0/s1. The highest BCUT2D eigenvalue weighted by Gasteiger charge is 2.53. The molecule has 2 atom stereocenters. The van der Waals surface area contributed by atoms with E-state index in [9.17, 15) is 14.7 Å². The van der Waals surface area contributed by atoms with E-state index in [1.807, 2.05) is 42.5 Å². The summed E-state index contributed by atoms with van der Waals surface area (Å²) in [4.78, 5) is 26.0. The van der Waals surface area contributed by atoms with Crippen LogP contribution in [0.5, 0.6) is 0 Å². The van der Waals surface area contributed by atoms with Gasteiger partial charge in [-0.25, -0.2) is 4.79 Å². The minimum absolute atomic E-state index is 0.0343. The van der Waals surface area contributed by atoms with Crippen molar-refractivity contribution in [3.8, 4) is 0 Å². The Bertz CT molecular complexity index is 1190. The molecule has 0 saturated carbocycles. The quantitative estimate of drug-likeness (QED) is 0.530. The van der Waals surface area contributed by atoms with Gasteiger partial charge in [-0.2, -0.15) is 0 Å². The molecule has 5 rings (SSSR count). The Morgan fingerprint density at radius 1 is 1.17 bits per heavy atom. The highest BCUT2D eigenvalue weighted by molar-refractivity contribution is 6.12. The van der Waals surface area contributed by atoms with E-state index in [0.717, 1.165) is 27.7 Å². The normalized spacial score (nSPS) is 22.9. The molecule has 3 aromatic rings. The molecule has 2 aromatic carbocycles. The highest BCUT2D eigenvalue weighted by Crippen LogP contribution is 2.46. The van der Waals surface area contributed by atoms with E-state index in [1.165, 1.54) is 5.57 Å². The number of para-hydroxylation sites is 1. The Labute approximate surface area is 174 Å². The van der Waals surface area contributed by atoms with Crippen molar-refractivity contribution in [1.29, 1.82) is 0 Å². The molecular weight excluding hydrogens is 378 g/mol. The maximum Gasteiger partial charge on any atom is 0.348 e. The molecule has 1 aliphatic heterocycles. The van der Waals surface area contributed by atoms with E-state index < -0.39 is 17.5 Å². The first kappa shape index (κ1) is 18.8. The van der Waals surface area contributed by atoms with Crippen LogP contribution >= 0.6 is 0 Å². The lowest BCUT2D eigenvalue weighted by Gasteiger charge is -2.34. The Kier molecular flexibility index (Phi) is 4.36. The van der Waals surface area contributed by atoms with Gasteiger partial charge in [0, 0.05) is 29.8 Å². The minimum atomic E-state index is -2.17. The minimum Gasteiger partial charge on any atom is -0.463 e. The lowest BCUT2D eigenvalue weighted by molar-refractivity contribution is -0.161. The fourth-order valence-corrected chi connectivity index (χ4v) is 4.92. The zero-order valence-electron chi connectivity index (χ0n) is 16.8. The Morgan fingerprint density at radius 2 is 1.90 bits per heavy atom. The summed E-state index contributed by atoms with van der Waals surface area (Å²) in [5, 5.41) is 12.2. The second-order valence-electron chi connectivity index (χ2n) is 8.01. The summed E-state index contributed by atoms with van der Waals surface area (Å²) in [7, 11) is 0. The monoisotopic (exact) mass is 401 g/mol. The Morgan fingerprint density at radius 3 is 2.67 bits per heavy atom. The third kappa shape index (κ3) is 2.66. The number of hydrogen-bond acceptors (Lipinski definition) is 4. The van der Waals surface area contributed by atoms with Gasteiger partial charge in [0.2, 0.25) is 5.60 Å². The van der Waals surface area contributed by atoms with Gasteiger partial charge in [0.15, 0.2) is 0 Å². The molecule has 0 saturated heterocycles. The molecule has 0 fully saturated rings. The number of nitrogens with zero attached hydrogens (tertiary/aromatic N) is 1. The van der Waals surface area contributed by atoms with Gasteiger partial charge < -0.3 is 9.84 Å². The number of carbonyl (C=O) groups is 2. The molecular formula is C25H23NO4. The molecule has 0 amide bonds. The molecule has 1 aliphatic carbocycles. The van der Waals surface area contributed by atoms with Crippen LogP contribution < -0.4 is 0 Å². The van der Waals surface area contributed by atoms with E-state index in [4.69, 9.17) is 4.74 Å². The average molecular weight is 401 g/mol. The Hall–Kier alpha value is -3.18. The Balaban J connectivity index is 1.73. The van der Waals surface area contributed by atoms with Crippen LogP contribution in [0.25, 0.3) is 16.5 Å². The van der Waals surface area contributed by atoms with E-state index in [2.05, 4.69) is 18.2 Å². The number of carbonyl (C=O) groups excluding carboxylic acids is 2. The first-order chi connectivity index (χ1) is 14.5. The van der Waals surface area contributed by atoms with Gasteiger partial charge in [-0.05, 0) is 36.1 Å². The number of hydrogen-bond donors (Lipinski definition) is 1. The molecule has 5 nitrogen and oxygen atoms in total. The maximum absolute atomic E-state index is 13.4. The molecule has 5 heteroatoms. The number of esters is 1. The highest BCUT2D eigenvalue weighted by atomic mass is 16.5. The van der Waals surface area contributed by atoms with Crippen molar-refractivity contribution in [3.63, 3.8) is 0 Å². The van der Waals surface area contributed by atoms with Crippen LogP contribution in [0.3, 0.4) is 0 Å². The van der Waals surface area contributed by atoms with Crippen molar-refractivity contribution in [2.24, 2.45) is 0 Å². The number of rotatable bonds is 3. The average Bonchev–Trinajstić information content (AvgIpc) is 2.97. The maximum atomic E-state index is 13.4. The molecule has 0 bridgehead atoms. The van der Waals surface area contributed by atoms with E-state index >= 15 is 0 Å². The third-order valence-electron chi connectivity index (χ3n) is 6.28. The van der Waals surface area contributed by atoms with Crippen molar-refractivity contribution in [2.75, 3.05) is 6.61 Å². The number of ether oxygens (including phenoxy) is 1. The fourth-order valence-electron chi connectivity index (χ4n) is 4.92. The lowest BCUT2D eigenvalue weighted by Crippen LogP contribution is -2.54. The molecule has 30 heavy (non-hydrogen) atoms. The zero-order chi connectivity index (χ0) is 20.9. The number of allylic oxidation sites excluding steroid dienone is 2. The summed E-state index contributed by atoms with van der Waals surface area (Å²) >= 11 is 0. The predicted octanol–water partition coefficient (Wildman–Crippen LogP) is 4.09. The van der Waals surface area contributed by atoms with Gasteiger partial charge >= 0.3 is 5.97 Å². The molecule has 0 unspecified atom stereocenters.